The summed E-state index contributed by atoms with van der Waals surface area (Å²) in [5.74, 6) is 0.850. The van der Waals surface area contributed by atoms with E-state index in [9.17, 15) is 4.79 Å². The van der Waals surface area contributed by atoms with Crippen LogP contribution in [0.3, 0.4) is 0 Å². The normalized spacial score (nSPS) is 19.1. The zero-order chi connectivity index (χ0) is 17.9. The summed E-state index contributed by atoms with van der Waals surface area (Å²) in [5.41, 5.74) is 2.02. The van der Waals surface area contributed by atoms with Gasteiger partial charge in [0.15, 0.2) is 0 Å². The van der Waals surface area contributed by atoms with Crippen LogP contribution in [0.4, 0.5) is 5.69 Å². The Morgan fingerprint density at radius 1 is 1.20 bits per heavy atom. The number of fused-ring (bicyclic) bond motifs is 1. The second kappa shape index (κ2) is 7.01. The van der Waals surface area contributed by atoms with Crippen molar-refractivity contribution in [2.75, 3.05) is 18.5 Å². The Bertz CT molecular complexity index is 770. The van der Waals surface area contributed by atoms with Gasteiger partial charge in [-0.2, -0.15) is 0 Å². The fraction of sp³-hybridized carbons (Fsp3) is 0.286. The number of hydrogen-bond acceptors (Lipinski definition) is 3. The highest BCUT2D eigenvalue weighted by atomic mass is 16.5. The maximum Gasteiger partial charge on any atom is 0.258 e. The molecule has 2 aromatic rings. The Morgan fingerprint density at radius 2 is 1.92 bits per heavy atom. The number of nitrogens with one attached hydrogen (secondary N) is 1. The number of nitrogens with zero attached hydrogens (tertiary/aromatic N) is 1. The van der Waals surface area contributed by atoms with Crippen LogP contribution in [0.25, 0.3) is 0 Å². The molecule has 4 heteroatoms. The Balaban J connectivity index is 1.99. The van der Waals surface area contributed by atoms with Crippen LogP contribution in [-0.4, -0.2) is 24.0 Å². The summed E-state index contributed by atoms with van der Waals surface area (Å²) in [4.78, 5) is 15.0. The van der Waals surface area contributed by atoms with Gasteiger partial charge in [0.25, 0.3) is 5.91 Å². The summed E-state index contributed by atoms with van der Waals surface area (Å²) >= 11 is 0. The zero-order valence-corrected chi connectivity index (χ0v) is 14.8. The molecule has 1 aliphatic heterocycles. The van der Waals surface area contributed by atoms with Crippen LogP contribution in [0.15, 0.2) is 61.2 Å². The van der Waals surface area contributed by atoms with Gasteiger partial charge in [-0.05, 0) is 43.2 Å². The largest absolute Gasteiger partial charge is 0.490 e. The van der Waals surface area contributed by atoms with Crippen LogP contribution < -0.4 is 10.1 Å². The van der Waals surface area contributed by atoms with Gasteiger partial charge in [0.1, 0.15) is 18.0 Å². The van der Waals surface area contributed by atoms with Crippen LogP contribution in [0.5, 0.6) is 5.75 Å². The predicted octanol–water partition coefficient (Wildman–Crippen LogP) is 4.40. The predicted molar refractivity (Wildman–Crippen MR) is 101 cm³/mol. The van der Waals surface area contributed by atoms with E-state index in [1.807, 2.05) is 53.4 Å². The molecule has 0 spiro atoms. The molecule has 4 nitrogen and oxygen atoms in total. The minimum absolute atomic E-state index is 0.0608. The van der Waals surface area contributed by atoms with Gasteiger partial charge in [0.05, 0.1) is 5.56 Å². The number of amides is 1. The number of carbonyl (C=O) groups is 1. The summed E-state index contributed by atoms with van der Waals surface area (Å²) < 4.78 is 5.56. The van der Waals surface area contributed by atoms with Crippen LogP contribution in [0, 0.1) is 0 Å². The summed E-state index contributed by atoms with van der Waals surface area (Å²) in [6.07, 6.45) is 2.61. The summed E-state index contributed by atoms with van der Waals surface area (Å²) in [7, 11) is 0. The average molecular weight is 336 g/mol. The number of ether oxygens (including phenoxy) is 1. The van der Waals surface area contributed by atoms with Crippen LogP contribution in [0.2, 0.25) is 0 Å². The molecule has 0 bridgehead atoms. The SMILES string of the molecule is C=CCOc1ccc(C2(C)Nc3ccccc3C(=O)N2CCC)cc1. The highest BCUT2D eigenvalue weighted by molar-refractivity contribution is 6.02. The zero-order valence-electron chi connectivity index (χ0n) is 14.8. The number of anilines is 1. The number of para-hydroxylation sites is 1. The first-order valence-corrected chi connectivity index (χ1v) is 8.63. The maximum absolute atomic E-state index is 13.1. The molecular formula is C21H24N2O2. The number of benzene rings is 2. The van der Waals surface area contributed by atoms with Gasteiger partial charge in [-0.15, -0.1) is 0 Å². The Kier molecular flexibility index (Phi) is 4.79. The lowest BCUT2D eigenvalue weighted by atomic mass is 9.93. The van der Waals surface area contributed by atoms with E-state index in [2.05, 4.69) is 25.7 Å². The van der Waals surface area contributed by atoms with Crippen LogP contribution in [-0.2, 0) is 5.66 Å². The minimum Gasteiger partial charge on any atom is -0.490 e. The Morgan fingerprint density at radius 3 is 2.60 bits per heavy atom. The molecule has 130 valence electrons. The fourth-order valence-electron chi connectivity index (χ4n) is 3.26. The maximum atomic E-state index is 13.1. The highest BCUT2D eigenvalue weighted by Crippen LogP contribution is 2.38. The molecular weight excluding hydrogens is 312 g/mol. The molecule has 0 saturated heterocycles. The fourth-order valence-corrected chi connectivity index (χ4v) is 3.26. The lowest BCUT2D eigenvalue weighted by molar-refractivity contribution is 0.0535. The summed E-state index contributed by atoms with van der Waals surface area (Å²) in [6.45, 7) is 8.95. The molecule has 1 unspecified atom stereocenters. The van der Waals surface area contributed by atoms with Gasteiger partial charge in [0, 0.05) is 12.2 Å². The molecule has 0 fully saturated rings. The smallest absolute Gasteiger partial charge is 0.258 e. The highest BCUT2D eigenvalue weighted by Gasteiger charge is 2.41. The second-order valence-electron chi connectivity index (χ2n) is 6.32. The van der Waals surface area contributed by atoms with Crippen molar-refractivity contribution in [3.63, 3.8) is 0 Å². The summed E-state index contributed by atoms with van der Waals surface area (Å²) in [6, 6.07) is 15.6. The van der Waals surface area contributed by atoms with E-state index in [0.29, 0.717) is 13.2 Å². The van der Waals surface area contributed by atoms with E-state index in [1.165, 1.54) is 0 Å². The van der Waals surface area contributed by atoms with E-state index in [1.54, 1.807) is 6.08 Å². The third-order valence-corrected chi connectivity index (χ3v) is 4.55. The van der Waals surface area contributed by atoms with Crippen molar-refractivity contribution in [1.29, 1.82) is 0 Å². The van der Waals surface area contributed by atoms with E-state index >= 15 is 0 Å². The Hall–Kier alpha value is -2.75. The van der Waals surface area contributed by atoms with Gasteiger partial charge in [-0.25, -0.2) is 0 Å². The molecule has 0 radical (unpaired) electrons. The Labute approximate surface area is 149 Å². The molecule has 25 heavy (non-hydrogen) atoms. The molecule has 1 aliphatic rings. The molecule has 2 aromatic carbocycles. The third kappa shape index (κ3) is 3.12. The quantitative estimate of drug-likeness (QED) is 0.795. The lowest BCUT2D eigenvalue weighted by Crippen LogP contribution is -2.56. The second-order valence-corrected chi connectivity index (χ2v) is 6.32. The van der Waals surface area contributed by atoms with E-state index in [-0.39, 0.29) is 5.91 Å². The first-order chi connectivity index (χ1) is 12.1. The van der Waals surface area contributed by atoms with Gasteiger partial charge < -0.3 is 15.0 Å². The first kappa shape index (κ1) is 17.1. The van der Waals surface area contributed by atoms with Gasteiger partial charge in [0.2, 0.25) is 0 Å². The molecule has 0 aromatic heterocycles. The van der Waals surface area contributed by atoms with Crippen molar-refractivity contribution < 1.29 is 9.53 Å². The van der Waals surface area contributed by atoms with Crippen molar-refractivity contribution >= 4 is 11.6 Å². The number of rotatable bonds is 6. The molecule has 3 rings (SSSR count). The van der Waals surface area contributed by atoms with Gasteiger partial charge in [-0.3, -0.25) is 4.79 Å². The molecule has 0 aliphatic carbocycles. The standard InChI is InChI=1S/C21H24N2O2/c1-4-14-23-20(24)18-8-6-7-9-19(18)22-21(23,3)16-10-12-17(13-11-16)25-15-5-2/h5-13,22H,2,4,14-15H2,1,3H3. The van der Waals surface area contributed by atoms with Gasteiger partial charge >= 0.3 is 0 Å². The van der Waals surface area contributed by atoms with Crippen molar-refractivity contribution in [1.82, 2.24) is 4.90 Å². The van der Waals surface area contributed by atoms with Crippen molar-refractivity contribution in [3.8, 4) is 5.75 Å². The summed E-state index contributed by atoms with van der Waals surface area (Å²) in [5, 5.41) is 3.57. The van der Waals surface area contributed by atoms with Crippen LogP contribution >= 0.6 is 0 Å². The lowest BCUT2D eigenvalue weighted by Gasteiger charge is -2.46. The van der Waals surface area contributed by atoms with Crippen molar-refractivity contribution in [3.05, 3.63) is 72.3 Å². The number of carbonyl (C=O) groups excluding carboxylic acids is 1. The van der Waals surface area contributed by atoms with E-state index in [0.717, 1.165) is 29.0 Å². The van der Waals surface area contributed by atoms with Crippen LogP contribution in [0.1, 0.15) is 36.2 Å². The topological polar surface area (TPSA) is 41.6 Å². The monoisotopic (exact) mass is 336 g/mol. The number of hydrogen-bond donors (Lipinski definition) is 1. The molecule has 1 amide bonds. The van der Waals surface area contributed by atoms with E-state index < -0.39 is 5.66 Å². The van der Waals surface area contributed by atoms with E-state index in [4.69, 9.17) is 4.74 Å². The van der Waals surface area contributed by atoms with Gasteiger partial charge in [-0.1, -0.05) is 43.8 Å². The molecule has 1 N–H and O–H groups in total. The molecule has 1 atom stereocenters. The average Bonchev–Trinajstić information content (AvgIpc) is 2.64. The van der Waals surface area contributed by atoms with Crippen molar-refractivity contribution in [2.45, 2.75) is 25.9 Å². The van der Waals surface area contributed by atoms with Crippen molar-refractivity contribution in [2.24, 2.45) is 0 Å². The molecule has 1 heterocycles. The minimum atomic E-state index is -0.599. The molecule has 0 saturated carbocycles. The first-order valence-electron chi connectivity index (χ1n) is 8.63. The third-order valence-electron chi connectivity index (χ3n) is 4.55.